The number of morpholine rings is 1. The zero-order chi connectivity index (χ0) is 13.8. The summed E-state index contributed by atoms with van der Waals surface area (Å²) < 4.78 is 5.70. The molecule has 18 heavy (non-hydrogen) atoms. The fourth-order valence-electron chi connectivity index (χ4n) is 2.39. The summed E-state index contributed by atoms with van der Waals surface area (Å²) in [6.07, 6.45) is 0.217. The van der Waals surface area contributed by atoms with E-state index in [1.54, 1.807) is 4.90 Å². The SMILES string of the molecule is CCNC(C)CC(=O)N1CC(CO)OC(C)(C)C1. The van der Waals surface area contributed by atoms with Crippen molar-refractivity contribution in [3.05, 3.63) is 0 Å². The molecular weight excluding hydrogens is 232 g/mol. The molecule has 0 saturated carbocycles. The van der Waals surface area contributed by atoms with Crippen LogP contribution in [0.2, 0.25) is 0 Å². The largest absolute Gasteiger partial charge is 0.394 e. The van der Waals surface area contributed by atoms with E-state index in [9.17, 15) is 9.90 Å². The van der Waals surface area contributed by atoms with Crippen LogP contribution in [0.25, 0.3) is 0 Å². The van der Waals surface area contributed by atoms with E-state index in [2.05, 4.69) is 5.32 Å². The van der Waals surface area contributed by atoms with E-state index < -0.39 is 0 Å². The number of hydrogen-bond acceptors (Lipinski definition) is 4. The molecule has 2 unspecified atom stereocenters. The molecule has 2 atom stereocenters. The van der Waals surface area contributed by atoms with Gasteiger partial charge in [0, 0.05) is 25.6 Å². The van der Waals surface area contributed by atoms with Gasteiger partial charge in [0.05, 0.1) is 18.3 Å². The van der Waals surface area contributed by atoms with Gasteiger partial charge in [0.25, 0.3) is 0 Å². The number of ether oxygens (including phenoxy) is 1. The summed E-state index contributed by atoms with van der Waals surface area (Å²) in [6.45, 7) is 9.82. The Morgan fingerprint density at radius 3 is 2.83 bits per heavy atom. The highest BCUT2D eigenvalue weighted by Crippen LogP contribution is 2.21. The average molecular weight is 258 g/mol. The third kappa shape index (κ3) is 4.55. The molecule has 1 amide bonds. The minimum absolute atomic E-state index is 0.0457. The van der Waals surface area contributed by atoms with Gasteiger partial charge in [-0.15, -0.1) is 0 Å². The Morgan fingerprint density at radius 2 is 2.28 bits per heavy atom. The van der Waals surface area contributed by atoms with Gasteiger partial charge in [0.1, 0.15) is 0 Å². The van der Waals surface area contributed by atoms with Crippen LogP contribution in [0.3, 0.4) is 0 Å². The van der Waals surface area contributed by atoms with Crippen molar-refractivity contribution in [2.45, 2.75) is 51.9 Å². The molecule has 1 saturated heterocycles. The van der Waals surface area contributed by atoms with E-state index >= 15 is 0 Å². The van der Waals surface area contributed by atoms with E-state index in [0.29, 0.717) is 19.5 Å². The van der Waals surface area contributed by atoms with Gasteiger partial charge in [0.15, 0.2) is 0 Å². The predicted molar refractivity (Wildman–Crippen MR) is 70.4 cm³/mol. The van der Waals surface area contributed by atoms with Crippen LogP contribution >= 0.6 is 0 Å². The van der Waals surface area contributed by atoms with Gasteiger partial charge < -0.3 is 20.1 Å². The Bertz CT molecular complexity index is 281. The molecule has 1 heterocycles. The van der Waals surface area contributed by atoms with Crippen molar-refractivity contribution in [1.82, 2.24) is 10.2 Å². The molecule has 0 aromatic carbocycles. The van der Waals surface area contributed by atoms with Gasteiger partial charge in [-0.3, -0.25) is 4.79 Å². The average Bonchev–Trinajstić information content (AvgIpc) is 2.26. The highest BCUT2D eigenvalue weighted by molar-refractivity contribution is 5.77. The number of rotatable bonds is 5. The number of hydrogen-bond donors (Lipinski definition) is 2. The van der Waals surface area contributed by atoms with Gasteiger partial charge >= 0.3 is 0 Å². The van der Waals surface area contributed by atoms with E-state index in [1.807, 2.05) is 27.7 Å². The Balaban J connectivity index is 2.56. The molecule has 2 N–H and O–H groups in total. The van der Waals surface area contributed by atoms with E-state index in [4.69, 9.17) is 4.74 Å². The van der Waals surface area contributed by atoms with Crippen LogP contribution in [0.5, 0.6) is 0 Å². The summed E-state index contributed by atoms with van der Waals surface area (Å²) in [5.41, 5.74) is -0.386. The molecule has 0 aromatic rings. The molecule has 0 spiro atoms. The molecular formula is C13H26N2O3. The standard InChI is InChI=1S/C13H26N2O3/c1-5-14-10(2)6-12(17)15-7-11(8-16)18-13(3,4)9-15/h10-11,14,16H,5-9H2,1-4H3. The van der Waals surface area contributed by atoms with Gasteiger partial charge in [0.2, 0.25) is 5.91 Å². The zero-order valence-electron chi connectivity index (χ0n) is 11.9. The summed E-state index contributed by atoms with van der Waals surface area (Å²) >= 11 is 0. The summed E-state index contributed by atoms with van der Waals surface area (Å²) in [4.78, 5) is 14.0. The van der Waals surface area contributed by atoms with Crippen molar-refractivity contribution in [3.63, 3.8) is 0 Å². The number of carbonyl (C=O) groups excluding carboxylic acids is 1. The van der Waals surface area contributed by atoms with E-state index in [-0.39, 0.29) is 30.3 Å². The molecule has 0 aromatic heterocycles. The molecule has 1 rings (SSSR count). The summed E-state index contributed by atoms with van der Waals surface area (Å²) in [5.74, 6) is 0.123. The van der Waals surface area contributed by atoms with Crippen LogP contribution in [0.15, 0.2) is 0 Å². The van der Waals surface area contributed by atoms with Crippen molar-refractivity contribution < 1.29 is 14.6 Å². The third-order valence-electron chi connectivity index (χ3n) is 3.07. The van der Waals surface area contributed by atoms with Gasteiger partial charge in [-0.05, 0) is 27.3 Å². The Kier molecular flexibility index (Phi) is 5.56. The van der Waals surface area contributed by atoms with E-state index in [0.717, 1.165) is 6.54 Å². The van der Waals surface area contributed by atoms with Gasteiger partial charge in [-0.1, -0.05) is 6.92 Å². The molecule has 0 aliphatic carbocycles. The van der Waals surface area contributed by atoms with Crippen molar-refractivity contribution in [1.29, 1.82) is 0 Å². The number of nitrogens with zero attached hydrogens (tertiary/aromatic N) is 1. The molecule has 0 radical (unpaired) electrons. The number of aliphatic hydroxyl groups is 1. The van der Waals surface area contributed by atoms with Crippen molar-refractivity contribution in [2.24, 2.45) is 0 Å². The third-order valence-corrected chi connectivity index (χ3v) is 3.07. The van der Waals surface area contributed by atoms with Gasteiger partial charge in [-0.2, -0.15) is 0 Å². The molecule has 0 bridgehead atoms. The van der Waals surface area contributed by atoms with Crippen LogP contribution in [-0.2, 0) is 9.53 Å². The first kappa shape index (κ1) is 15.4. The molecule has 5 heteroatoms. The first-order valence-electron chi connectivity index (χ1n) is 6.67. The summed E-state index contributed by atoms with van der Waals surface area (Å²) in [6, 6.07) is 0.182. The highest BCUT2D eigenvalue weighted by atomic mass is 16.5. The minimum Gasteiger partial charge on any atom is -0.394 e. The Hall–Kier alpha value is -0.650. The van der Waals surface area contributed by atoms with Crippen LogP contribution < -0.4 is 5.32 Å². The first-order valence-corrected chi connectivity index (χ1v) is 6.67. The number of nitrogens with one attached hydrogen (secondary N) is 1. The topological polar surface area (TPSA) is 61.8 Å². The number of aliphatic hydroxyl groups excluding tert-OH is 1. The van der Waals surface area contributed by atoms with Crippen LogP contribution in [0, 0.1) is 0 Å². The number of amides is 1. The maximum Gasteiger partial charge on any atom is 0.224 e. The lowest BCUT2D eigenvalue weighted by Gasteiger charge is -2.42. The second kappa shape index (κ2) is 6.50. The molecule has 1 aliphatic heterocycles. The molecule has 1 fully saturated rings. The fourth-order valence-corrected chi connectivity index (χ4v) is 2.39. The maximum atomic E-state index is 12.2. The van der Waals surface area contributed by atoms with Crippen LogP contribution in [0.4, 0.5) is 0 Å². The lowest BCUT2D eigenvalue weighted by molar-refractivity contribution is -0.167. The smallest absolute Gasteiger partial charge is 0.224 e. The predicted octanol–water partition coefficient (Wildman–Crippen LogP) is 0.373. The minimum atomic E-state index is -0.386. The Labute approximate surface area is 109 Å². The van der Waals surface area contributed by atoms with Gasteiger partial charge in [-0.25, -0.2) is 0 Å². The first-order chi connectivity index (χ1) is 8.38. The maximum absolute atomic E-state index is 12.2. The number of carbonyl (C=O) groups is 1. The monoisotopic (exact) mass is 258 g/mol. The lowest BCUT2D eigenvalue weighted by Crippen LogP contribution is -2.56. The summed E-state index contributed by atoms with van der Waals surface area (Å²) in [7, 11) is 0. The van der Waals surface area contributed by atoms with Crippen molar-refractivity contribution in [3.8, 4) is 0 Å². The van der Waals surface area contributed by atoms with Crippen LogP contribution in [-0.4, -0.2) is 59.9 Å². The van der Waals surface area contributed by atoms with Crippen LogP contribution in [0.1, 0.15) is 34.1 Å². The zero-order valence-corrected chi connectivity index (χ0v) is 11.9. The molecule has 1 aliphatic rings. The quantitative estimate of drug-likeness (QED) is 0.748. The summed E-state index contributed by atoms with van der Waals surface area (Å²) in [5, 5.41) is 12.4. The highest BCUT2D eigenvalue weighted by Gasteiger charge is 2.35. The van der Waals surface area contributed by atoms with Crippen molar-refractivity contribution in [2.75, 3.05) is 26.2 Å². The molecule has 5 nitrogen and oxygen atoms in total. The molecule has 106 valence electrons. The lowest BCUT2D eigenvalue weighted by atomic mass is 10.0. The Morgan fingerprint density at radius 1 is 1.61 bits per heavy atom. The fraction of sp³-hybridized carbons (Fsp3) is 0.923. The van der Waals surface area contributed by atoms with E-state index in [1.165, 1.54) is 0 Å². The second-order valence-corrected chi connectivity index (χ2v) is 5.62. The van der Waals surface area contributed by atoms with Crippen molar-refractivity contribution >= 4 is 5.91 Å². The normalized spacial score (nSPS) is 24.9. The second-order valence-electron chi connectivity index (χ2n) is 5.62.